The standard InChI is InChI=1S/C50H63F3N6O3Si/c1-28(2)63(29(3)4,30(5)6)22-19-35-37(52)17-15-32-13-11-14-36(40(32)35)44-42(53)45-41-43(54-44)31(7)23-39-38-18-16-34(59(38)48(60)62-49(8,9)10)26-58(39)46(41)56-47(55-45)61-27-50-20-12-21-57(50)25-33(51)24-50/h11,13-15,17,28-31,33-34,38-39H,12,16,18,20-21,23-27H2,1-10H3/t31-,33-,34-,38+,39+,50+/m1/s1. The van der Waals surface area contributed by atoms with Gasteiger partial charge in [0.1, 0.15) is 49.3 Å². The molecule has 0 saturated carbocycles. The van der Waals surface area contributed by atoms with E-state index in [0.717, 1.165) is 37.6 Å². The fraction of sp³-hybridized carbons (Fsp3) is 0.600. The second kappa shape index (κ2) is 15.9. The molecule has 2 aromatic heterocycles. The van der Waals surface area contributed by atoms with Crippen LogP contribution in [0.3, 0.4) is 0 Å². The molecule has 63 heavy (non-hydrogen) atoms. The Hall–Kier alpha value is -4.41. The van der Waals surface area contributed by atoms with Crippen LogP contribution in [-0.2, 0) is 4.74 Å². The van der Waals surface area contributed by atoms with Gasteiger partial charge in [-0.05, 0) is 87.5 Å². The summed E-state index contributed by atoms with van der Waals surface area (Å²) >= 11 is 0. The molecule has 9 nitrogen and oxygen atoms in total. The highest BCUT2D eigenvalue weighted by Crippen LogP contribution is 2.49. The first-order chi connectivity index (χ1) is 29.8. The number of aromatic nitrogens is 3. The summed E-state index contributed by atoms with van der Waals surface area (Å²) in [6.07, 6.45) is 3.06. The van der Waals surface area contributed by atoms with E-state index in [1.54, 1.807) is 12.1 Å². The number of anilines is 1. The largest absolute Gasteiger partial charge is 0.461 e. The fourth-order valence-corrected chi connectivity index (χ4v) is 17.7. The minimum atomic E-state index is -2.28. The second-order valence-corrected chi connectivity index (χ2v) is 26.7. The van der Waals surface area contributed by atoms with E-state index in [1.807, 2.05) is 37.8 Å². The summed E-state index contributed by atoms with van der Waals surface area (Å²) in [6, 6.07) is 8.28. The Kier molecular flexibility index (Phi) is 11.1. The van der Waals surface area contributed by atoms with Crippen LogP contribution >= 0.6 is 0 Å². The third-order valence-electron chi connectivity index (χ3n) is 15.3. The van der Waals surface area contributed by atoms with Crippen molar-refractivity contribution in [2.24, 2.45) is 0 Å². The van der Waals surface area contributed by atoms with E-state index in [0.29, 0.717) is 70.4 Å². The van der Waals surface area contributed by atoms with E-state index in [2.05, 4.69) is 69.7 Å². The average molecular weight is 881 g/mol. The Morgan fingerprint density at radius 2 is 1.71 bits per heavy atom. The number of amides is 1. The van der Waals surface area contributed by atoms with Crippen LogP contribution in [0.5, 0.6) is 6.01 Å². The maximum Gasteiger partial charge on any atom is 0.410 e. The summed E-state index contributed by atoms with van der Waals surface area (Å²) in [7, 11) is -2.28. The molecule has 0 aliphatic carbocycles. The fourth-order valence-electron chi connectivity index (χ4n) is 12.5. The van der Waals surface area contributed by atoms with Crippen LogP contribution in [0.15, 0.2) is 30.3 Å². The van der Waals surface area contributed by atoms with Gasteiger partial charge in [-0.1, -0.05) is 78.7 Å². The summed E-state index contributed by atoms with van der Waals surface area (Å²) in [5.74, 6) is 2.59. The summed E-state index contributed by atoms with van der Waals surface area (Å²) < 4.78 is 61.8. The van der Waals surface area contributed by atoms with E-state index in [9.17, 15) is 9.18 Å². The molecule has 0 N–H and O–H groups in total. The first-order valence-corrected chi connectivity index (χ1v) is 25.5. The Morgan fingerprint density at radius 3 is 2.43 bits per heavy atom. The number of rotatable bonds is 7. The molecule has 4 fully saturated rings. The molecule has 7 heterocycles. The highest BCUT2D eigenvalue weighted by Gasteiger charge is 2.53. The van der Waals surface area contributed by atoms with Crippen molar-refractivity contribution >= 4 is 41.7 Å². The van der Waals surface area contributed by atoms with Crippen LogP contribution in [0.1, 0.15) is 125 Å². The molecule has 336 valence electrons. The zero-order valence-corrected chi connectivity index (χ0v) is 39.6. The van der Waals surface area contributed by atoms with E-state index in [1.165, 1.54) is 6.07 Å². The molecule has 2 bridgehead atoms. The maximum absolute atomic E-state index is 18.0. The molecule has 2 aromatic carbocycles. The molecule has 4 saturated heterocycles. The molecular formula is C50H63F3N6O3Si. The minimum Gasteiger partial charge on any atom is -0.461 e. The van der Waals surface area contributed by atoms with Gasteiger partial charge >= 0.3 is 12.1 Å². The van der Waals surface area contributed by atoms with Gasteiger partial charge in [0.2, 0.25) is 0 Å². The lowest BCUT2D eigenvalue weighted by Gasteiger charge is -2.47. The van der Waals surface area contributed by atoms with Crippen molar-refractivity contribution in [1.82, 2.24) is 24.8 Å². The monoisotopic (exact) mass is 880 g/mol. The van der Waals surface area contributed by atoms with E-state index in [-0.39, 0.29) is 59.5 Å². The number of hydrogen-bond donors (Lipinski definition) is 0. The quantitative estimate of drug-likeness (QED) is 0.134. The van der Waals surface area contributed by atoms with Gasteiger partial charge in [0.15, 0.2) is 5.82 Å². The Labute approximate surface area is 371 Å². The number of halogens is 3. The van der Waals surface area contributed by atoms with Crippen molar-refractivity contribution in [3.05, 3.63) is 53.2 Å². The summed E-state index contributed by atoms with van der Waals surface area (Å²) in [4.78, 5) is 35.4. The van der Waals surface area contributed by atoms with E-state index >= 15 is 8.78 Å². The Bertz CT molecular complexity index is 2510. The van der Waals surface area contributed by atoms with Gasteiger partial charge in [-0.2, -0.15) is 9.97 Å². The number of hydrogen-bond acceptors (Lipinski definition) is 8. The number of nitrogens with zero attached hydrogens (tertiary/aromatic N) is 6. The van der Waals surface area contributed by atoms with Crippen molar-refractivity contribution in [2.75, 3.05) is 31.1 Å². The van der Waals surface area contributed by atoms with Crippen LogP contribution in [-0.4, -0.2) is 101 Å². The van der Waals surface area contributed by atoms with Gasteiger partial charge < -0.3 is 14.4 Å². The Balaban J connectivity index is 1.23. The molecule has 9 rings (SSSR count). The SMILES string of the molecule is CC(C)[Si](C#Cc1c(F)ccc2cccc(-c3nc4c5c(nc(OC[C@@]67CCCN6C[C@H](F)C7)nc5c3F)N3C[C@H]5CC[C@@H]([C@@H]3C[C@H]4C)N5C(=O)OC(C)(C)C)c12)(C(C)C)C(C)C. The van der Waals surface area contributed by atoms with Crippen molar-refractivity contribution in [3.8, 4) is 28.7 Å². The number of carbonyl (C=O) groups is 1. The molecular weight excluding hydrogens is 818 g/mol. The molecule has 6 atom stereocenters. The predicted octanol–water partition coefficient (Wildman–Crippen LogP) is 11.1. The number of pyridine rings is 1. The first-order valence-electron chi connectivity index (χ1n) is 23.3. The lowest BCUT2D eigenvalue weighted by molar-refractivity contribution is 0.00691. The lowest BCUT2D eigenvalue weighted by Crippen LogP contribution is -2.62. The zero-order valence-electron chi connectivity index (χ0n) is 38.6. The third kappa shape index (κ3) is 7.26. The van der Waals surface area contributed by atoms with Crippen LogP contribution in [0.4, 0.5) is 23.8 Å². The zero-order chi connectivity index (χ0) is 44.9. The number of alkyl halides is 1. The van der Waals surface area contributed by atoms with Gasteiger partial charge in [-0.15, -0.1) is 5.54 Å². The number of carbonyl (C=O) groups excluding carboxylic acids is 1. The molecule has 0 unspecified atom stereocenters. The highest BCUT2D eigenvalue weighted by molar-refractivity contribution is 6.90. The minimum absolute atomic E-state index is 0.0196. The van der Waals surface area contributed by atoms with Gasteiger partial charge in [-0.25, -0.2) is 22.9 Å². The van der Waals surface area contributed by atoms with Crippen LogP contribution in [0.25, 0.3) is 32.9 Å². The smallest absolute Gasteiger partial charge is 0.410 e. The second-order valence-electron chi connectivity index (χ2n) is 21.1. The highest BCUT2D eigenvalue weighted by atomic mass is 28.3. The molecule has 5 aliphatic rings. The van der Waals surface area contributed by atoms with Crippen molar-refractivity contribution in [1.29, 1.82) is 0 Å². The third-order valence-corrected chi connectivity index (χ3v) is 21.6. The number of piperazine rings is 1. The molecule has 1 amide bonds. The van der Waals surface area contributed by atoms with Gasteiger partial charge in [0.25, 0.3) is 0 Å². The number of benzene rings is 2. The van der Waals surface area contributed by atoms with Gasteiger partial charge in [0, 0.05) is 36.4 Å². The van der Waals surface area contributed by atoms with Crippen LogP contribution < -0.4 is 9.64 Å². The van der Waals surface area contributed by atoms with Crippen molar-refractivity contribution < 1.29 is 27.4 Å². The van der Waals surface area contributed by atoms with Crippen molar-refractivity contribution in [2.45, 2.75) is 166 Å². The molecule has 5 aliphatic heterocycles. The lowest BCUT2D eigenvalue weighted by atomic mass is 9.91. The number of fused-ring (bicyclic) bond motifs is 7. The first kappa shape index (κ1) is 43.8. The Morgan fingerprint density at radius 1 is 0.968 bits per heavy atom. The summed E-state index contributed by atoms with van der Waals surface area (Å²) in [5.41, 5.74) is 5.04. The van der Waals surface area contributed by atoms with E-state index in [4.69, 9.17) is 24.4 Å². The summed E-state index contributed by atoms with van der Waals surface area (Å²) in [5, 5.41) is 1.76. The maximum atomic E-state index is 18.0. The topological polar surface area (TPSA) is 83.9 Å². The van der Waals surface area contributed by atoms with E-state index < -0.39 is 37.0 Å². The molecule has 4 aromatic rings. The summed E-state index contributed by atoms with van der Waals surface area (Å²) in [6.45, 7) is 22.9. The predicted molar refractivity (Wildman–Crippen MR) is 246 cm³/mol. The molecule has 0 spiro atoms. The van der Waals surface area contributed by atoms with Crippen LogP contribution in [0, 0.1) is 23.1 Å². The molecule has 13 heteroatoms. The average Bonchev–Trinajstić information content (AvgIpc) is 3.83. The number of ether oxygens (including phenoxy) is 2. The molecule has 0 radical (unpaired) electrons. The van der Waals surface area contributed by atoms with Gasteiger partial charge in [0.05, 0.1) is 40.3 Å². The van der Waals surface area contributed by atoms with Gasteiger partial charge in [-0.3, -0.25) is 9.80 Å². The van der Waals surface area contributed by atoms with Crippen molar-refractivity contribution in [3.63, 3.8) is 0 Å². The van der Waals surface area contributed by atoms with Crippen LogP contribution in [0.2, 0.25) is 16.6 Å². The normalized spacial score (nSPS) is 25.8.